The molecule has 6 amide bonds. The minimum Gasteiger partial charge on any atom is -0.481 e. The lowest BCUT2D eigenvalue weighted by Crippen LogP contribution is -2.48. The third-order valence-electron chi connectivity index (χ3n) is 14.6. The van der Waals surface area contributed by atoms with Gasteiger partial charge in [0.2, 0.25) is 29.5 Å². The Bertz CT molecular complexity index is 2470. The molecule has 5 unspecified atom stereocenters. The molecule has 0 aliphatic rings. The number of amides is 6. The van der Waals surface area contributed by atoms with Crippen LogP contribution in [-0.4, -0.2) is 204 Å². The molecular formula is C65H105N9O17S. The van der Waals surface area contributed by atoms with E-state index >= 15 is 0 Å². The number of carbonyl (C=O) groups excluding carboxylic acids is 11. The SMILES string of the molecule is CCC(=O)CN/N=C(\C)C(=O)NCCOCCOCCC(=O)NCCCCC(NC(=O)C(CC(=O)C(CC(C)C)NC(=O)C(CC=O)CCSC)Cc1ccccc1)C(=O)CC(CCCCNC(=O)CCOCCOCCCC(=O)/C(C)=N/CCC(=O)NC)C(=O)O. The van der Waals surface area contributed by atoms with Crippen LogP contribution in [0.2, 0.25) is 0 Å². The van der Waals surface area contributed by atoms with Crippen molar-refractivity contribution in [1.82, 2.24) is 37.3 Å². The van der Waals surface area contributed by atoms with Crippen LogP contribution < -0.4 is 37.3 Å². The number of hydrogen-bond acceptors (Lipinski definition) is 20. The molecule has 0 aliphatic carbocycles. The minimum absolute atomic E-state index is 0.00869. The van der Waals surface area contributed by atoms with Crippen LogP contribution in [-0.2, 0) is 82.9 Å². The molecule has 0 fully saturated rings. The van der Waals surface area contributed by atoms with Crippen LogP contribution in [0.4, 0.5) is 0 Å². The number of unbranched alkanes of at least 4 members (excludes halogenated alkanes) is 2. The third kappa shape index (κ3) is 41.6. The average molecular weight is 1320 g/mol. The first-order valence-corrected chi connectivity index (χ1v) is 33.6. The molecule has 0 radical (unpaired) electrons. The lowest BCUT2D eigenvalue weighted by atomic mass is 9.87. The molecule has 92 heavy (non-hydrogen) atoms. The predicted molar refractivity (Wildman–Crippen MR) is 351 cm³/mol. The van der Waals surface area contributed by atoms with Crippen LogP contribution in [0, 0.1) is 23.7 Å². The first kappa shape index (κ1) is 83.2. The number of Topliss-reactive ketones (excluding diaryl/α,β-unsaturated/α-hetero) is 4. The fourth-order valence-electron chi connectivity index (χ4n) is 9.04. The van der Waals surface area contributed by atoms with Gasteiger partial charge in [-0.2, -0.15) is 16.9 Å². The zero-order valence-electron chi connectivity index (χ0n) is 55.3. The van der Waals surface area contributed by atoms with Crippen LogP contribution in [0.25, 0.3) is 0 Å². The summed E-state index contributed by atoms with van der Waals surface area (Å²) >= 11 is 1.53. The molecule has 0 spiro atoms. The monoisotopic (exact) mass is 1320 g/mol. The van der Waals surface area contributed by atoms with Crippen LogP contribution in [0.5, 0.6) is 0 Å². The van der Waals surface area contributed by atoms with Crippen LogP contribution >= 0.6 is 11.8 Å². The number of aliphatic carboxylic acids is 1. The van der Waals surface area contributed by atoms with Gasteiger partial charge in [0.1, 0.15) is 12.0 Å². The molecule has 1 aromatic carbocycles. The van der Waals surface area contributed by atoms with Gasteiger partial charge in [0, 0.05) is 103 Å². The quantitative estimate of drug-likeness (QED) is 0.0199. The van der Waals surface area contributed by atoms with Crippen molar-refractivity contribution >= 4 is 94.0 Å². The number of carboxylic acid groups (broad SMARTS) is 1. The zero-order chi connectivity index (χ0) is 68.3. The normalized spacial score (nSPS) is 13.2. The first-order valence-electron chi connectivity index (χ1n) is 32.2. The van der Waals surface area contributed by atoms with Gasteiger partial charge >= 0.3 is 5.97 Å². The van der Waals surface area contributed by atoms with Crippen molar-refractivity contribution in [2.75, 3.05) is 105 Å². The summed E-state index contributed by atoms with van der Waals surface area (Å²) < 4.78 is 22.1. The lowest BCUT2D eigenvalue weighted by Gasteiger charge is -2.26. The van der Waals surface area contributed by atoms with E-state index in [2.05, 4.69) is 47.4 Å². The van der Waals surface area contributed by atoms with Crippen LogP contribution in [0.3, 0.4) is 0 Å². The number of nitrogens with zero attached hydrogens (tertiary/aromatic N) is 2. The summed E-state index contributed by atoms with van der Waals surface area (Å²) in [6.07, 6.45) is 5.80. The Morgan fingerprint density at radius 1 is 0.620 bits per heavy atom. The molecule has 0 saturated heterocycles. The molecule has 0 aliphatic heterocycles. The van der Waals surface area contributed by atoms with Crippen molar-refractivity contribution in [3.8, 4) is 0 Å². The fraction of sp³-hybridized carbons (Fsp3) is 0.692. The maximum atomic E-state index is 14.6. The number of benzene rings is 1. The molecule has 0 saturated carbocycles. The molecule has 27 heteroatoms. The van der Waals surface area contributed by atoms with Gasteiger partial charge in [-0.15, -0.1) is 0 Å². The number of nitrogens with one attached hydrogen (secondary N) is 7. The summed E-state index contributed by atoms with van der Waals surface area (Å²) in [7, 11) is 1.54. The van der Waals surface area contributed by atoms with Gasteiger partial charge in [0.25, 0.3) is 5.91 Å². The summed E-state index contributed by atoms with van der Waals surface area (Å²) in [4.78, 5) is 158. The van der Waals surface area contributed by atoms with Crippen molar-refractivity contribution in [1.29, 1.82) is 0 Å². The van der Waals surface area contributed by atoms with Crippen molar-refractivity contribution in [2.24, 2.45) is 33.8 Å². The Hall–Kier alpha value is -6.81. The molecule has 518 valence electrons. The number of hydrazone groups is 1. The van der Waals surface area contributed by atoms with Crippen molar-refractivity contribution in [3.05, 3.63) is 35.9 Å². The molecular weight excluding hydrogens is 1210 g/mol. The number of carbonyl (C=O) groups is 12. The highest BCUT2D eigenvalue weighted by Crippen LogP contribution is 2.21. The van der Waals surface area contributed by atoms with Crippen molar-refractivity contribution in [3.63, 3.8) is 0 Å². The van der Waals surface area contributed by atoms with Gasteiger partial charge in [-0.3, -0.25) is 57.7 Å². The maximum absolute atomic E-state index is 14.6. The van der Waals surface area contributed by atoms with E-state index in [-0.39, 0.29) is 184 Å². The maximum Gasteiger partial charge on any atom is 0.306 e. The van der Waals surface area contributed by atoms with Crippen LogP contribution in [0.1, 0.15) is 149 Å². The number of hydrogen-bond donors (Lipinski definition) is 8. The van der Waals surface area contributed by atoms with Crippen molar-refractivity contribution in [2.45, 2.75) is 162 Å². The third-order valence-corrected chi connectivity index (χ3v) is 15.2. The molecule has 0 heterocycles. The highest BCUT2D eigenvalue weighted by Gasteiger charge is 2.33. The molecule has 5 atom stereocenters. The number of aldehydes is 1. The highest BCUT2D eigenvalue weighted by atomic mass is 32.2. The number of aliphatic imine (C=N–C) groups is 1. The second-order valence-electron chi connectivity index (χ2n) is 22.6. The molecule has 1 rings (SSSR count). The second kappa shape index (κ2) is 52.7. The number of thioether (sulfide) groups is 1. The zero-order valence-corrected chi connectivity index (χ0v) is 56.2. The lowest BCUT2D eigenvalue weighted by molar-refractivity contribution is -0.144. The van der Waals surface area contributed by atoms with Gasteiger partial charge in [-0.25, -0.2) is 0 Å². The van der Waals surface area contributed by atoms with Gasteiger partial charge < -0.3 is 66.2 Å². The summed E-state index contributed by atoms with van der Waals surface area (Å²) in [6, 6.07) is 6.90. The predicted octanol–water partition coefficient (Wildman–Crippen LogP) is 3.87. The van der Waals surface area contributed by atoms with E-state index in [1.54, 1.807) is 26.0 Å². The molecule has 0 bridgehead atoms. The highest BCUT2D eigenvalue weighted by molar-refractivity contribution is 7.98. The van der Waals surface area contributed by atoms with E-state index in [4.69, 9.17) is 18.9 Å². The largest absolute Gasteiger partial charge is 0.481 e. The van der Waals surface area contributed by atoms with Gasteiger partial charge in [-0.1, -0.05) is 57.5 Å². The summed E-state index contributed by atoms with van der Waals surface area (Å²) in [6.45, 7) is 11.3. The van der Waals surface area contributed by atoms with E-state index < -0.39 is 71.5 Å². The molecule has 8 N–H and O–H groups in total. The van der Waals surface area contributed by atoms with E-state index in [9.17, 15) is 62.6 Å². The van der Waals surface area contributed by atoms with E-state index in [0.29, 0.717) is 69.3 Å². The number of rotatable bonds is 58. The molecule has 1 aromatic rings. The second-order valence-corrected chi connectivity index (χ2v) is 23.6. The summed E-state index contributed by atoms with van der Waals surface area (Å²) in [5.74, 6) is -6.59. The Labute approximate surface area is 547 Å². The first-order chi connectivity index (χ1) is 44.1. The number of carboxylic acids is 1. The van der Waals surface area contributed by atoms with Gasteiger partial charge in [0.05, 0.1) is 76.5 Å². The van der Waals surface area contributed by atoms with Gasteiger partial charge in [-0.05, 0) is 95.1 Å². The van der Waals surface area contributed by atoms with Crippen molar-refractivity contribution < 1.29 is 81.6 Å². The van der Waals surface area contributed by atoms with E-state index in [1.807, 2.05) is 38.3 Å². The van der Waals surface area contributed by atoms with Crippen LogP contribution in [0.15, 0.2) is 40.4 Å². The fourth-order valence-corrected chi connectivity index (χ4v) is 9.56. The Morgan fingerprint density at radius 2 is 1.20 bits per heavy atom. The standard InChI is InChI=1S/C65H105N9O17S/c1-8-53(76)45-71-74-48(5)62(83)70-30-35-91-39-38-90-34-25-61(82)69-28-15-13-20-54(72-64(85)52(42-49-17-10-9-11-18-49)44-58(79)55(41-46(2)3)73-63(84)50(23-31-75)26-40-92-7)57(78)43-51(65(86)87)19-12-14-27-68-60(81)24-33-89-37-36-88-32-16-21-56(77)47(4)67-29-22-59(80)66-6/h9-11,17-18,31,46,50-52,54-55,71H,8,12-16,19-30,32-45H2,1-7H3,(H,66,80)(H,68,81)(H,69,82)(H,70,83)(H,72,85)(H,73,84)(H,86,87)/b67-47+,74-48+. The molecule has 0 aromatic heterocycles. The minimum atomic E-state index is -1.21. The Balaban J connectivity index is 2.96. The topological polar surface area (TPSA) is 371 Å². The van der Waals surface area contributed by atoms with E-state index in [0.717, 1.165) is 5.56 Å². The smallest absolute Gasteiger partial charge is 0.306 e. The van der Waals surface area contributed by atoms with E-state index in [1.165, 1.54) is 25.7 Å². The summed E-state index contributed by atoms with van der Waals surface area (Å²) in [5, 5.41) is 30.8. The summed E-state index contributed by atoms with van der Waals surface area (Å²) in [5.41, 5.74) is 3.83. The molecule has 26 nitrogen and oxygen atoms in total. The van der Waals surface area contributed by atoms with Gasteiger partial charge in [0.15, 0.2) is 23.1 Å². The number of ketones is 4. The Kier molecular flexibility index (Phi) is 47.6. The average Bonchev–Trinajstić information content (AvgIpc) is 1.17. The number of ether oxygens (including phenoxy) is 4. The Morgan fingerprint density at radius 3 is 1.78 bits per heavy atom.